The Morgan fingerprint density at radius 2 is 2.00 bits per heavy atom. The molecule has 1 aliphatic rings. The molecule has 0 spiro atoms. The zero-order valence-corrected chi connectivity index (χ0v) is 13.0. The van der Waals surface area contributed by atoms with Crippen molar-refractivity contribution < 1.29 is 14.3 Å². The lowest BCUT2D eigenvalue weighted by Gasteiger charge is -2.24. The van der Waals surface area contributed by atoms with Crippen LogP contribution in [0.1, 0.15) is 28.8 Å². The van der Waals surface area contributed by atoms with Gasteiger partial charge in [0, 0.05) is 6.54 Å². The molecule has 3 rings (SSSR count). The number of esters is 1. The lowest BCUT2D eigenvalue weighted by atomic mass is 10.1. The molecule has 0 amide bonds. The summed E-state index contributed by atoms with van der Waals surface area (Å²) in [6, 6.07) is 16.8. The summed E-state index contributed by atoms with van der Waals surface area (Å²) in [4.78, 5) is 12.0. The van der Waals surface area contributed by atoms with Gasteiger partial charge in [-0.05, 0) is 49.2 Å². The smallest absolute Gasteiger partial charge is 0.338 e. The third kappa shape index (κ3) is 4.57. The van der Waals surface area contributed by atoms with Crippen LogP contribution in [0.5, 0.6) is 5.75 Å². The van der Waals surface area contributed by atoms with Crippen molar-refractivity contribution in [2.45, 2.75) is 25.6 Å². The molecular formula is C19H21NO3. The predicted molar refractivity (Wildman–Crippen MR) is 88.5 cm³/mol. The van der Waals surface area contributed by atoms with Crippen LogP contribution in [-0.4, -0.2) is 25.2 Å². The van der Waals surface area contributed by atoms with E-state index < -0.39 is 0 Å². The SMILES string of the molecule is O=C(OCc1cccc(OC2CCCNC2)c1)c1ccccc1. The molecule has 4 nitrogen and oxygen atoms in total. The maximum Gasteiger partial charge on any atom is 0.338 e. The van der Waals surface area contributed by atoms with E-state index in [1.807, 2.05) is 42.5 Å². The van der Waals surface area contributed by atoms with Crippen LogP contribution in [0.15, 0.2) is 54.6 Å². The van der Waals surface area contributed by atoms with E-state index in [-0.39, 0.29) is 18.7 Å². The summed E-state index contributed by atoms with van der Waals surface area (Å²) in [7, 11) is 0. The lowest BCUT2D eigenvalue weighted by Crippen LogP contribution is -2.37. The van der Waals surface area contributed by atoms with E-state index in [1.54, 1.807) is 12.1 Å². The van der Waals surface area contributed by atoms with Crippen molar-refractivity contribution in [3.05, 3.63) is 65.7 Å². The highest BCUT2D eigenvalue weighted by molar-refractivity contribution is 5.89. The van der Waals surface area contributed by atoms with E-state index in [9.17, 15) is 4.79 Å². The van der Waals surface area contributed by atoms with Crippen LogP contribution in [0.25, 0.3) is 0 Å². The molecule has 0 radical (unpaired) electrons. The van der Waals surface area contributed by atoms with Crippen molar-refractivity contribution in [2.75, 3.05) is 13.1 Å². The quantitative estimate of drug-likeness (QED) is 0.862. The topological polar surface area (TPSA) is 47.6 Å². The first-order chi connectivity index (χ1) is 11.3. The molecule has 120 valence electrons. The van der Waals surface area contributed by atoms with E-state index >= 15 is 0 Å². The zero-order chi connectivity index (χ0) is 15.9. The van der Waals surface area contributed by atoms with Gasteiger partial charge in [0.25, 0.3) is 0 Å². The van der Waals surface area contributed by atoms with E-state index in [0.717, 1.165) is 37.2 Å². The third-order valence-electron chi connectivity index (χ3n) is 3.83. The Bertz CT molecular complexity index is 636. The second-order valence-electron chi connectivity index (χ2n) is 5.68. The number of hydrogen-bond acceptors (Lipinski definition) is 4. The van der Waals surface area contributed by atoms with Crippen LogP contribution in [0.2, 0.25) is 0 Å². The molecule has 1 heterocycles. The number of piperidine rings is 1. The minimum Gasteiger partial charge on any atom is -0.489 e. The van der Waals surface area contributed by atoms with Gasteiger partial charge in [0.05, 0.1) is 5.56 Å². The molecule has 2 aromatic carbocycles. The maximum atomic E-state index is 12.0. The molecule has 0 aliphatic carbocycles. The molecule has 1 atom stereocenters. The van der Waals surface area contributed by atoms with Crippen molar-refractivity contribution >= 4 is 5.97 Å². The standard InChI is InChI=1S/C19H21NO3/c21-19(16-7-2-1-3-8-16)22-14-15-6-4-9-17(12-15)23-18-10-5-11-20-13-18/h1-4,6-9,12,18,20H,5,10-11,13-14H2. The lowest BCUT2D eigenvalue weighted by molar-refractivity contribution is 0.0472. The summed E-state index contributed by atoms with van der Waals surface area (Å²) in [6.07, 6.45) is 2.42. The van der Waals surface area contributed by atoms with Crippen LogP contribution in [0.4, 0.5) is 0 Å². The van der Waals surface area contributed by atoms with Crippen molar-refractivity contribution in [1.82, 2.24) is 5.32 Å². The van der Waals surface area contributed by atoms with Gasteiger partial charge in [0.2, 0.25) is 0 Å². The highest BCUT2D eigenvalue weighted by atomic mass is 16.5. The van der Waals surface area contributed by atoms with Gasteiger partial charge < -0.3 is 14.8 Å². The first-order valence-corrected chi connectivity index (χ1v) is 8.00. The Labute approximate surface area is 136 Å². The second-order valence-corrected chi connectivity index (χ2v) is 5.68. The van der Waals surface area contributed by atoms with E-state index in [2.05, 4.69) is 5.32 Å². The summed E-state index contributed by atoms with van der Waals surface area (Å²) in [5.74, 6) is 0.514. The molecule has 23 heavy (non-hydrogen) atoms. The summed E-state index contributed by atoms with van der Waals surface area (Å²) >= 11 is 0. The average molecular weight is 311 g/mol. The van der Waals surface area contributed by atoms with Crippen LogP contribution < -0.4 is 10.1 Å². The van der Waals surface area contributed by atoms with Gasteiger partial charge in [0.1, 0.15) is 18.5 Å². The first kappa shape index (κ1) is 15.6. The molecule has 1 aliphatic heterocycles. The highest BCUT2D eigenvalue weighted by Crippen LogP contribution is 2.18. The van der Waals surface area contributed by atoms with Gasteiger partial charge in [-0.2, -0.15) is 0 Å². The largest absolute Gasteiger partial charge is 0.489 e. The van der Waals surface area contributed by atoms with Gasteiger partial charge in [-0.25, -0.2) is 4.79 Å². The number of rotatable bonds is 5. The average Bonchev–Trinajstić information content (AvgIpc) is 2.62. The van der Waals surface area contributed by atoms with E-state index in [1.165, 1.54) is 0 Å². The van der Waals surface area contributed by atoms with Gasteiger partial charge in [-0.15, -0.1) is 0 Å². The number of ether oxygens (including phenoxy) is 2. The minimum absolute atomic E-state index is 0.214. The monoisotopic (exact) mass is 311 g/mol. The van der Waals surface area contributed by atoms with Crippen LogP contribution >= 0.6 is 0 Å². The van der Waals surface area contributed by atoms with Crippen LogP contribution in [0.3, 0.4) is 0 Å². The number of carbonyl (C=O) groups is 1. The molecule has 0 bridgehead atoms. The minimum atomic E-state index is -0.312. The Morgan fingerprint density at radius 1 is 1.13 bits per heavy atom. The van der Waals surface area contributed by atoms with Crippen molar-refractivity contribution in [3.63, 3.8) is 0 Å². The summed E-state index contributed by atoms with van der Waals surface area (Å²) in [5.41, 5.74) is 1.49. The molecule has 1 unspecified atom stereocenters. The number of nitrogens with one attached hydrogen (secondary N) is 1. The summed E-state index contributed by atoms with van der Waals surface area (Å²) in [5, 5.41) is 3.33. The molecule has 1 saturated heterocycles. The Balaban J connectivity index is 1.56. The highest BCUT2D eigenvalue weighted by Gasteiger charge is 2.14. The molecule has 4 heteroatoms. The van der Waals surface area contributed by atoms with Gasteiger partial charge in [-0.3, -0.25) is 0 Å². The predicted octanol–water partition coefficient (Wildman–Crippen LogP) is 3.17. The second kappa shape index (κ2) is 7.79. The fourth-order valence-electron chi connectivity index (χ4n) is 2.63. The zero-order valence-electron chi connectivity index (χ0n) is 13.0. The fraction of sp³-hybridized carbons (Fsp3) is 0.316. The normalized spacial score (nSPS) is 17.5. The Morgan fingerprint density at radius 3 is 2.78 bits per heavy atom. The molecular weight excluding hydrogens is 290 g/mol. The van der Waals surface area contributed by atoms with E-state index in [4.69, 9.17) is 9.47 Å². The van der Waals surface area contributed by atoms with Gasteiger partial charge in [0.15, 0.2) is 0 Å². The summed E-state index contributed by atoms with van der Waals surface area (Å²) in [6.45, 7) is 2.19. The number of benzene rings is 2. The van der Waals surface area contributed by atoms with Crippen molar-refractivity contribution in [1.29, 1.82) is 0 Å². The summed E-state index contributed by atoms with van der Waals surface area (Å²) < 4.78 is 11.3. The molecule has 0 aromatic heterocycles. The Kier molecular flexibility index (Phi) is 5.27. The molecule has 1 fully saturated rings. The Hall–Kier alpha value is -2.33. The van der Waals surface area contributed by atoms with Crippen LogP contribution in [-0.2, 0) is 11.3 Å². The number of hydrogen-bond donors (Lipinski definition) is 1. The van der Waals surface area contributed by atoms with E-state index in [0.29, 0.717) is 5.56 Å². The molecule has 1 N–H and O–H groups in total. The van der Waals surface area contributed by atoms with Gasteiger partial charge in [-0.1, -0.05) is 30.3 Å². The first-order valence-electron chi connectivity index (χ1n) is 8.00. The number of carbonyl (C=O) groups excluding carboxylic acids is 1. The van der Waals surface area contributed by atoms with Crippen molar-refractivity contribution in [3.8, 4) is 5.75 Å². The molecule has 0 saturated carbocycles. The van der Waals surface area contributed by atoms with Crippen molar-refractivity contribution in [2.24, 2.45) is 0 Å². The fourth-order valence-corrected chi connectivity index (χ4v) is 2.63. The molecule has 2 aromatic rings. The third-order valence-corrected chi connectivity index (χ3v) is 3.83. The van der Waals surface area contributed by atoms with Gasteiger partial charge >= 0.3 is 5.97 Å². The van der Waals surface area contributed by atoms with Crippen LogP contribution in [0, 0.1) is 0 Å². The maximum absolute atomic E-state index is 12.0.